The molecule has 0 aliphatic carbocycles. The van der Waals surface area contributed by atoms with E-state index in [1.807, 2.05) is 37.4 Å². The molecule has 0 spiro atoms. The lowest BCUT2D eigenvalue weighted by Crippen LogP contribution is -2.36. The summed E-state index contributed by atoms with van der Waals surface area (Å²) in [6.45, 7) is 5.26. The second-order valence-electron chi connectivity index (χ2n) is 7.41. The number of benzene rings is 2. The van der Waals surface area contributed by atoms with Gasteiger partial charge in [-0.1, -0.05) is 35.9 Å². The van der Waals surface area contributed by atoms with Crippen LogP contribution in [-0.2, 0) is 4.74 Å². The molecule has 0 amide bonds. The number of nitrogens with zero attached hydrogens (tertiary/aromatic N) is 4. The molecule has 0 bridgehead atoms. The Balaban J connectivity index is 1.61. The summed E-state index contributed by atoms with van der Waals surface area (Å²) in [5, 5.41) is 5.21. The van der Waals surface area contributed by atoms with Gasteiger partial charge in [0.1, 0.15) is 5.82 Å². The van der Waals surface area contributed by atoms with E-state index in [9.17, 15) is 0 Å². The maximum absolute atomic E-state index is 6.54. The van der Waals surface area contributed by atoms with Crippen LogP contribution in [-0.4, -0.2) is 40.9 Å². The molecule has 5 rings (SSSR count). The van der Waals surface area contributed by atoms with Crippen molar-refractivity contribution < 1.29 is 4.74 Å². The zero-order valence-corrected chi connectivity index (χ0v) is 17.4. The molecule has 0 radical (unpaired) electrons. The lowest BCUT2D eigenvalue weighted by atomic mass is 10.0. The zero-order valence-electron chi connectivity index (χ0n) is 16.7. The van der Waals surface area contributed by atoms with Gasteiger partial charge in [-0.2, -0.15) is 9.61 Å². The van der Waals surface area contributed by atoms with Crippen molar-refractivity contribution in [1.82, 2.24) is 14.6 Å². The third-order valence-corrected chi connectivity index (χ3v) is 5.75. The number of nitrogens with two attached hydrogens (primary N) is 1. The van der Waals surface area contributed by atoms with Crippen LogP contribution in [0.2, 0.25) is 5.02 Å². The van der Waals surface area contributed by atoms with Crippen molar-refractivity contribution in [3.63, 3.8) is 0 Å². The van der Waals surface area contributed by atoms with Crippen LogP contribution in [0.3, 0.4) is 0 Å². The van der Waals surface area contributed by atoms with Gasteiger partial charge in [-0.3, -0.25) is 0 Å². The quantitative estimate of drug-likeness (QED) is 0.531. The lowest BCUT2D eigenvalue weighted by Gasteiger charge is -2.29. The standard InChI is InChI=1S/C23H22ClN5O/c1-15-21(17-5-2-6-18(24)12-17)22(25)29-23(27-15)20(14-26-29)16-4-3-7-19(13-16)28-8-10-30-11-9-28/h2-7,12-14H,8-11,25H2,1H3. The monoisotopic (exact) mass is 419 g/mol. The summed E-state index contributed by atoms with van der Waals surface area (Å²) in [6, 6.07) is 16.1. The first-order chi connectivity index (χ1) is 14.6. The topological polar surface area (TPSA) is 68.7 Å². The second kappa shape index (κ2) is 7.63. The molecule has 152 valence electrons. The SMILES string of the molecule is Cc1nc2c(-c3cccc(N4CCOCC4)c3)cnn2c(N)c1-c1cccc(Cl)c1. The highest BCUT2D eigenvalue weighted by molar-refractivity contribution is 6.30. The fraction of sp³-hybridized carbons (Fsp3) is 0.217. The number of hydrogen-bond acceptors (Lipinski definition) is 5. The molecular weight excluding hydrogens is 398 g/mol. The Kier molecular flexibility index (Phi) is 4.81. The molecule has 1 saturated heterocycles. The van der Waals surface area contributed by atoms with E-state index in [1.165, 1.54) is 5.69 Å². The average Bonchev–Trinajstić information content (AvgIpc) is 3.19. The number of hydrogen-bond donors (Lipinski definition) is 1. The molecule has 2 aromatic heterocycles. The van der Waals surface area contributed by atoms with Crippen LogP contribution >= 0.6 is 11.6 Å². The minimum Gasteiger partial charge on any atom is -0.383 e. The molecule has 3 heterocycles. The second-order valence-corrected chi connectivity index (χ2v) is 7.85. The highest BCUT2D eigenvalue weighted by Crippen LogP contribution is 2.34. The van der Waals surface area contributed by atoms with Gasteiger partial charge in [-0.05, 0) is 42.3 Å². The number of rotatable bonds is 3. The number of anilines is 2. The van der Waals surface area contributed by atoms with Crippen LogP contribution in [0.15, 0.2) is 54.7 Å². The molecule has 1 fully saturated rings. The first kappa shape index (κ1) is 18.9. The van der Waals surface area contributed by atoms with Crippen LogP contribution in [0.5, 0.6) is 0 Å². The summed E-state index contributed by atoms with van der Waals surface area (Å²) >= 11 is 6.19. The van der Waals surface area contributed by atoms with E-state index in [1.54, 1.807) is 4.52 Å². The molecule has 4 aromatic rings. The van der Waals surface area contributed by atoms with Crippen molar-refractivity contribution in [3.05, 3.63) is 65.4 Å². The number of ether oxygens (including phenoxy) is 1. The molecule has 2 N–H and O–H groups in total. The number of halogens is 1. The highest BCUT2D eigenvalue weighted by atomic mass is 35.5. The number of morpholine rings is 1. The molecule has 6 nitrogen and oxygen atoms in total. The van der Waals surface area contributed by atoms with Crippen LogP contribution in [0.4, 0.5) is 11.5 Å². The van der Waals surface area contributed by atoms with E-state index in [0.29, 0.717) is 10.8 Å². The smallest absolute Gasteiger partial charge is 0.165 e. The molecule has 1 aliphatic heterocycles. The van der Waals surface area contributed by atoms with Crippen molar-refractivity contribution in [1.29, 1.82) is 0 Å². The number of fused-ring (bicyclic) bond motifs is 1. The van der Waals surface area contributed by atoms with E-state index >= 15 is 0 Å². The van der Waals surface area contributed by atoms with Gasteiger partial charge in [0.05, 0.1) is 25.1 Å². The van der Waals surface area contributed by atoms with E-state index in [4.69, 9.17) is 27.1 Å². The van der Waals surface area contributed by atoms with E-state index in [2.05, 4.69) is 34.3 Å². The Morgan fingerprint density at radius 1 is 1.03 bits per heavy atom. The molecule has 1 aliphatic rings. The molecule has 30 heavy (non-hydrogen) atoms. The van der Waals surface area contributed by atoms with E-state index in [0.717, 1.165) is 59.9 Å². The van der Waals surface area contributed by atoms with Gasteiger partial charge in [-0.15, -0.1) is 0 Å². The van der Waals surface area contributed by atoms with Crippen LogP contribution < -0.4 is 10.6 Å². The molecular formula is C23H22ClN5O. The van der Waals surface area contributed by atoms with Crippen molar-refractivity contribution in [3.8, 4) is 22.3 Å². The maximum Gasteiger partial charge on any atom is 0.165 e. The van der Waals surface area contributed by atoms with Crippen LogP contribution in [0.25, 0.3) is 27.9 Å². The lowest BCUT2D eigenvalue weighted by molar-refractivity contribution is 0.122. The van der Waals surface area contributed by atoms with Gasteiger partial charge in [0.2, 0.25) is 0 Å². The third kappa shape index (κ3) is 3.28. The van der Waals surface area contributed by atoms with Crippen LogP contribution in [0.1, 0.15) is 5.69 Å². The normalized spacial score (nSPS) is 14.4. The Morgan fingerprint density at radius 2 is 1.80 bits per heavy atom. The Bertz CT molecular complexity index is 1230. The van der Waals surface area contributed by atoms with Gasteiger partial charge in [0.25, 0.3) is 0 Å². The van der Waals surface area contributed by atoms with Gasteiger partial charge >= 0.3 is 0 Å². The van der Waals surface area contributed by atoms with Crippen molar-refractivity contribution >= 4 is 28.8 Å². The minimum absolute atomic E-state index is 0.551. The van der Waals surface area contributed by atoms with Gasteiger partial charge in [0.15, 0.2) is 5.65 Å². The Morgan fingerprint density at radius 3 is 2.60 bits per heavy atom. The molecule has 0 unspecified atom stereocenters. The maximum atomic E-state index is 6.54. The fourth-order valence-electron chi connectivity index (χ4n) is 4.03. The number of aryl methyl sites for hydroxylation is 1. The summed E-state index contributed by atoms with van der Waals surface area (Å²) < 4.78 is 7.18. The molecule has 0 saturated carbocycles. The summed E-state index contributed by atoms with van der Waals surface area (Å²) in [4.78, 5) is 7.20. The van der Waals surface area contributed by atoms with E-state index < -0.39 is 0 Å². The Labute approximate surface area is 179 Å². The number of aromatic nitrogens is 3. The third-order valence-electron chi connectivity index (χ3n) is 5.51. The molecule has 0 atom stereocenters. The van der Waals surface area contributed by atoms with Crippen molar-refractivity contribution in [2.75, 3.05) is 36.9 Å². The minimum atomic E-state index is 0.551. The Hall–Kier alpha value is -3.09. The zero-order chi connectivity index (χ0) is 20.7. The summed E-state index contributed by atoms with van der Waals surface area (Å²) in [7, 11) is 0. The number of nitrogen functional groups attached to an aromatic ring is 1. The molecule has 7 heteroatoms. The van der Waals surface area contributed by atoms with E-state index in [-0.39, 0.29) is 0 Å². The first-order valence-corrected chi connectivity index (χ1v) is 10.3. The van der Waals surface area contributed by atoms with Crippen molar-refractivity contribution in [2.45, 2.75) is 6.92 Å². The van der Waals surface area contributed by atoms with Crippen molar-refractivity contribution in [2.24, 2.45) is 0 Å². The fourth-order valence-corrected chi connectivity index (χ4v) is 4.22. The summed E-state index contributed by atoms with van der Waals surface area (Å²) in [5.41, 5.74) is 13.1. The van der Waals surface area contributed by atoms with Gasteiger partial charge in [-0.25, -0.2) is 4.98 Å². The first-order valence-electron chi connectivity index (χ1n) is 9.95. The van der Waals surface area contributed by atoms with Crippen LogP contribution in [0, 0.1) is 6.92 Å². The summed E-state index contributed by atoms with van der Waals surface area (Å²) in [5.74, 6) is 0.551. The molecule has 2 aromatic carbocycles. The predicted octanol–water partition coefficient (Wildman–Crippen LogP) is 4.44. The average molecular weight is 420 g/mol. The van der Waals surface area contributed by atoms with Gasteiger partial charge < -0.3 is 15.4 Å². The van der Waals surface area contributed by atoms with Gasteiger partial charge in [0, 0.05) is 34.9 Å². The largest absolute Gasteiger partial charge is 0.383 e. The summed E-state index contributed by atoms with van der Waals surface area (Å²) in [6.07, 6.45) is 1.83. The predicted molar refractivity (Wildman–Crippen MR) is 121 cm³/mol. The highest BCUT2D eigenvalue weighted by Gasteiger charge is 2.18.